The summed E-state index contributed by atoms with van der Waals surface area (Å²) < 4.78 is 6.35. The molecule has 1 aromatic heterocycles. The minimum atomic E-state index is 0.452. The minimum absolute atomic E-state index is 0.452. The normalized spacial score (nSPS) is 25.3. The van der Waals surface area contributed by atoms with Gasteiger partial charge in [0.25, 0.3) is 0 Å². The third kappa shape index (κ3) is 4.39. The first kappa shape index (κ1) is 24.2. The molecule has 4 aliphatic heterocycles. The van der Waals surface area contributed by atoms with E-state index >= 15 is 0 Å². The van der Waals surface area contributed by atoms with E-state index in [0.717, 1.165) is 57.1 Å². The van der Waals surface area contributed by atoms with Crippen LogP contribution in [0.25, 0.3) is 10.8 Å². The lowest BCUT2D eigenvalue weighted by atomic mass is 9.98. The number of ether oxygens (including phenoxy) is 1. The molecule has 0 saturated carbocycles. The number of aryl methyl sites for hydroxylation is 1. The van der Waals surface area contributed by atoms with Crippen LogP contribution in [0.3, 0.4) is 0 Å². The van der Waals surface area contributed by atoms with Crippen molar-refractivity contribution in [2.45, 2.75) is 70.1 Å². The van der Waals surface area contributed by atoms with Gasteiger partial charge in [-0.15, -0.1) is 0 Å². The zero-order chi connectivity index (χ0) is 25.6. The molecule has 0 radical (unpaired) electrons. The molecule has 0 aliphatic carbocycles. The van der Waals surface area contributed by atoms with E-state index < -0.39 is 0 Å². The number of nitrogens with one attached hydrogen (secondary N) is 1. The highest BCUT2D eigenvalue weighted by atomic mass is 16.5. The quantitative estimate of drug-likeness (QED) is 0.532. The molecule has 200 valence electrons. The highest BCUT2D eigenvalue weighted by molar-refractivity contribution is 5.97. The number of rotatable bonds is 6. The molecule has 7 nitrogen and oxygen atoms in total. The average Bonchev–Trinajstić information content (AvgIpc) is 3.53. The van der Waals surface area contributed by atoms with Crippen molar-refractivity contribution in [3.05, 3.63) is 53.2 Å². The van der Waals surface area contributed by atoms with E-state index in [1.807, 2.05) is 0 Å². The van der Waals surface area contributed by atoms with Gasteiger partial charge in [-0.3, -0.25) is 0 Å². The Bertz CT molecular complexity index is 1310. The van der Waals surface area contributed by atoms with Gasteiger partial charge in [-0.2, -0.15) is 9.97 Å². The fraction of sp³-hybridized carbons (Fsp3) is 0.548. The molecule has 3 saturated heterocycles. The van der Waals surface area contributed by atoms with Crippen molar-refractivity contribution < 1.29 is 4.74 Å². The number of piperazine rings is 1. The number of hydrogen-bond acceptors (Lipinski definition) is 7. The SMILES string of the molecule is CCc1cccc2cccc(N3CCc4c(nc(OCC5CCCN5C)nc4N4CC5CCC(C4)N5)C3)c12. The zero-order valence-electron chi connectivity index (χ0n) is 22.8. The van der Waals surface area contributed by atoms with Crippen molar-refractivity contribution in [1.29, 1.82) is 0 Å². The molecular weight excluding hydrogens is 472 g/mol. The summed E-state index contributed by atoms with van der Waals surface area (Å²) in [5.41, 5.74) is 5.19. The second kappa shape index (κ2) is 10.0. The van der Waals surface area contributed by atoms with Gasteiger partial charge in [0.05, 0.1) is 12.2 Å². The summed E-state index contributed by atoms with van der Waals surface area (Å²) in [5, 5.41) is 6.48. The highest BCUT2D eigenvalue weighted by Crippen LogP contribution is 2.36. The Balaban J connectivity index is 1.23. The zero-order valence-corrected chi connectivity index (χ0v) is 22.8. The van der Waals surface area contributed by atoms with Gasteiger partial charge < -0.3 is 24.8 Å². The largest absolute Gasteiger partial charge is 0.462 e. The standard InChI is InChI=1S/C31H40N6O/c1-3-21-7-4-8-22-9-5-11-28(29(21)22)36-16-14-26-27(19-36)33-31(38-20-25-10-6-15-35(25)2)34-30(26)37-17-23-12-13-24(18-37)32-23/h4-5,7-9,11,23-25,32H,3,6,10,12-20H2,1-2H3. The van der Waals surface area contributed by atoms with Crippen LogP contribution in [0.4, 0.5) is 11.5 Å². The summed E-state index contributed by atoms with van der Waals surface area (Å²) in [5.74, 6) is 1.12. The van der Waals surface area contributed by atoms with Crippen LogP contribution in [0.15, 0.2) is 36.4 Å². The van der Waals surface area contributed by atoms with Gasteiger partial charge in [0, 0.05) is 54.4 Å². The average molecular weight is 513 g/mol. The van der Waals surface area contributed by atoms with Crippen LogP contribution >= 0.6 is 0 Å². The smallest absolute Gasteiger partial charge is 0.318 e. The number of likely N-dealkylation sites (N-methyl/N-ethyl adjacent to an activating group) is 1. The van der Waals surface area contributed by atoms with Gasteiger partial charge in [-0.1, -0.05) is 37.3 Å². The van der Waals surface area contributed by atoms with Crippen LogP contribution in [0.1, 0.15) is 49.4 Å². The molecule has 7 rings (SSSR count). The fourth-order valence-corrected chi connectivity index (χ4v) is 7.21. The second-order valence-corrected chi connectivity index (χ2v) is 11.7. The maximum absolute atomic E-state index is 6.35. The van der Waals surface area contributed by atoms with Crippen molar-refractivity contribution in [2.24, 2.45) is 0 Å². The molecule has 3 unspecified atom stereocenters. The van der Waals surface area contributed by atoms with Crippen molar-refractivity contribution in [2.75, 3.05) is 49.6 Å². The second-order valence-electron chi connectivity index (χ2n) is 11.7. The van der Waals surface area contributed by atoms with Gasteiger partial charge in [0.2, 0.25) is 0 Å². The Morgan fingerprint density at radius 2 is 1.79 bits per heavy atom. The molecule has 5 heterocycles. The van der Waals surface area contributed by atoms with E-state index in [9.17, 15) is 0 Å². The monoisotopic (exact) mass is 512 g/mol. The van der Waals surface area contributed by atoms with Crippen LogP contribution in [0.2, 0.25) is 0 Å². The first-order valence-electron chi connectivity index (χ1n) is 14.7. The van der Waals surface area contributed by atoms with Crippen LogP contribution in [0.5, 0.6) is 6.01 Å². The predicted molar refractivity (Wildman–Crippen MR) is 153 cm³/mol. The van der Waals surface area contributed by atoms with E-state index in [2.05, 4.69) is 70.4 Å². The number of nitrogens with zero attached hydrogens (tertiary/aromatic N) is 5. The molecule has 0 spiro atoms. The number of hydrogen-bond donors (Lipinski definition) is 1. The minimum Gasteiger partial charge on any atom is -0.462 e. The Labute approximate surface area is 226 Å². The van der Waals surface area contributed by atoms with Crippen molar-refractivity contribution in [3.8, 4) is 6.01 Å². The molecule has 4 aliphatic rings. The van der Waals surface area contributed by atoms with E-state index in [1.165, 1.54) is 53.3 Å². The molecule has 2 bridgehead atoms. The molecule has 2 aromatic carbocycles. The molecule has 3 aromatic rings. The topological polar surface area (TPSA) is 56.8 Å². The molecule has 3 fully saturated rings. The van der Waals surface area contributed by atoms with E-state index in [0.29, 0.717) is 30.7 Å². The maximum atomic E-state index is 6.35. The summed E-state index contributed by atoms with van der Waals surface area (Å²) in [6.07, 6.45) is 6.94. The van der Waals surface area contributed by atoms with Gasteiger partial charge in [-0.25, -0.2) is 0 Å². The fourth-order valence-electron chi connectivity index (χ4n) is 7.21. The summed E-state index contributed by atoms with van der Waals surface area (Å²) in [6.45, 7) is 7.88. The molecule has 38 heavy (non-hydrogen) atoms. The number of anilines is 2. The molecule has 1 N–H and O–H groups in total. The molecule has 7 heteroatoms. The summed E-state index contributed by atoms with van der Waals surface area (Å²) >= 11 is 0. The van der Waals surface area contributed by atoms with Gasteiger partial charge in [-0.05, 0) is 69.1 Å². The lowest BCUT2D eigenvalue weighted by molar-refractivity contribution is 0.187. The summed E-state index contributed by atoms with van der Waals surface area (Å²) in [7, 11) is 2.20. The third-order valence-electron chi connectivity index (χ3n) is 9.31. The summed E-state index contributed by atoms with van der Waals surface area (Å²) in [6, 6.07) is 15.6. The number of likely N-dealkylation sites (tertiary alicyclic amines) is 1. The Hall–Kier alpha value is -2.90. The van der Waals surface area contributed by atoms with Crippen LogP contribution in [-0.2, 0) is 19.4 Å². The number of aromatic nitrogens is 2. The third-order valence-corrected chi connectivity index (χ3v) is 9.31. The summed E-state index contributed by atoms with van der Waals surface area (Å²) in [4.78, 5) is 17.6. The molecule has 3 atom stereocenters. The molecule has 0 amide bonds. The Morgan fingerprint density at radius 1 is 0.974 bits per heavy atom. The Morgan fingerprint density at radius 3 is 2.55 bits per heavy atom. The van der Waals surface area contributed by atoms with Crippen molar-refractivity contribution in [3.63, 3.8) is 0 Å². The van der Waals surface area contributed by atoms with E-state index in [-0.39, 0.29) is 0 Å². The van der Waals surface area contributed by atoms with Gasteiger partial charge >= 0.3 is 6.01 Å². The molecular formula is C31H40N6O. The Kier molecular flexibility index (Phi) is 6.36. The highest BCUT2D eigenvalue weighted by Gasteiger charge is 2.35. The van der Waals surface area contributed by atoms with Crippen molar-refractivity contribution >= 4 is 22.3 Å². The van der Waals surface area contributed by atoms with Crippen LogP contribution in [0, 0.1) is 0 Å². The van der Waals surface area contributed by atoms with E-state index in [4.69, 9.17) is 14.7 Å². The first-order valence-corrected chi connectivity index (χ1v) is 14.7. The first-order chi connectivity index (χ1) is 18.7. The lowest BCUT2D eigenvalue weighted by Crippen LogP contribution is -2.52. The lowest BCUT2D eigenvalue weighted by Gasteiger charge is -2.37. The van der Waals surface area contributed by atoms with Crippen LogP contribution < -0.4 is 19.9 Å². The predicted octanol–water partition coefficient (Wildman–Crippen LogP) is 4.17. The van der Waals surface area contributed by atoms with E-state index in [1.54, 1.807) is 0 Å². The number of fused-ring (bicyclic) bond motifs is 4. The van der Waals surface area contributed by atoms with Gasteiger partial charge in [0.15, 0.2) is 0 Å². The van der Waals surface area contributed by atoms with Crippen molar-refractivity contribution in [1.82, 2.24) is 20.2 Å². The van der Waals surface area contributed by atoms with Gasteiger partial charge in [0.1, 0.15) is 12.4 Å². The maximum Gasteiger partial charge on any atom is 0.318 e. The number of benzene rings is 2. The van der Waals surface area contributed by atoms with Crippen LogP contribution in [-0.4, -0.2) is 72.8 Å².